The molecule has 0 saturated heterocycles. The molecule has 0 atom stereocenters. The van der Waals surface area contributed by atoms with E-state index >= 15 is 0 Å². The molecule has 1 fully saturated rings. The number of aryl methyl sites for hydroxylation is 1. The van der Waals surface area contributed by atoms with E-state index in [1.54, 1.807) is 6.07 Å². The summed E-state index contributed by atoms with van der Waals surface area (Å²) in [4.78, 5) is 28.5. The Balaban J connectivity index is 1.51. The average Bonchev–Trinajstić information content (AvgIpc) is 2.97. The first kappa shape index (κ1) is 18.1. The van der Waals surface area contributed by atoms with Crippen LogP contribution in [0.1, 0.15) is 61.4 Å². The summed E-state index contributed by atoms with van der Waals surface area (Å²) in [7, 11) is 0. The van der Waals surface area contributed by atoms with Crippen LogP contribution < -0.4 is 10.6 Å². The standard InChI is InChI=1S/C19H25N5O2/c1-11-6-5-7-14(20-11)17(25)21-13-8-12(9-13)15-10-16(24-23-15)22-18(26)19(2,3)4/h5-7,10,12-13H,8-9H2,1-4H3,(H,21,25)(H2,22,23,24,26). The first-order valence-electron chi connectivity index (χ1n) is 8.83. The molecule has 138 valence electrons. The van der Waals surface area contributed by atoms with E-state index in [1.165, 1.54) is 0 Å². The second-order valence-electron chi connectivity index (χ2n) is 7.92. The zero-order valence-electron chi connectivity index (χ0n) is 15.6. The fraction of sp³-hybridized carbons (Fsp3) is 0.474. The van der Waals surface area contributed by atoms with Crippen LogP contribution in [0.15, 0.2) is 24.3 Å². The molecule has 0 spiro atoms. The highest BCUT2D eigenvalue weighted by Gasteiger charge is 2.33. The summed E-state index contributed by atoms with van der Waals surface area (Å²) < 4.78 is 0. The molecule has 3 N–H and O–H groups in total. The minimum absolute atomic E-state index is 0.0695. The van der Waals surface area contributed by atoms with E-state index in [0.29, 0.717) is 17.4 Å². The van der Waals surface area contributed by atoms with Crippen molar-refractivity contribution in [3.05, 3.63) is 41.3 Å². The minimum Gasteiger partial charge on any atom is -0.348 e. The molecule has 2 amide bonds. The fourth-order valence-electron chi connectivity index (χ4n) is 2.83. The third kappa shape index (κ3) is 4.09. The van der Waals surface area contributed by atoms with Crippen LogP contribution in [0.3, 0.4) is 0 Å². The Morgan fingerprint density at radius 3 is 2.62 bits per heavy atom. The van der Waals surface area contributed by atoms with Gasteiger partial charge in [-0.25, -0.2) is 4.98 Å². The van der Waals surface area contributed by atoms with E-state index in [-0.39, 0.29) is 17.9 Å². The number of aromatic amines is 1. The van der Waals surface area contributed by atoms with Gasteiger partial charge in [0.1, 0.15) is 5.69 Å². The van der Waals surface area contributed by atoms with Crippen LogP contribution >= 0.6 is 0 Å². The van der Waals surface area contributed by atoms with Crippen LogP contribution in [0.25, 0.3) is 0 Å². The van der Waals surface area contributed by atoms with E-state index in [0.717, 1.165) is 24.2 Å². The molecule has 0 radical (unpaired) electrons. The molecule has 2 aromatic rings. The van der Waals surface area contributed by atoms with Crippen molar-refractivity contribution < 1.29 is 9.59 Å². The summed E-state index contributed by atoms with van der Waals surface area (Å²) in [5, 5.41) is 13.0. The smallest absolute Gasteiger partial charge is 0.270 e. The van der Waals surface area contributed by atoms with E-state index in [4.69, 9.17) is 0 Å². The van der Waals surface area contributed by atoms with Gasteiger partial charge in [-0.1, -0.05) is 26.8 Å². The molecule has 0 bridgehead atoms. The molecular weight excluding hydrogens is 330 g/mol. The van der Waals surface area contributed by atoms with Gasteiger partial charge in [-0.3, -0.25) is 14.7 Å². The quantitative estimate of drug-likeness (QED) is 0.785. The van der Waals surface area contributed by atoms with Crippen molar-refractivity contribution in [2.75, 3.05) is 5.32 Å². The number of pyridine rings is 1. The lowest BCUT2D eigenvalue weighted by Gasteiger charge is -2.34. The van der Waals surface area contributed by atoms with Crippen molar-refractivity contribution in [3.63, 3.8) is 0 Å². The monoisotopic (exact) mass is 355 g/mol. The molecule has 7 nitrogen and oxygen atoms in total. The molecule has 0 unspecified atom stereocenters. The molecule has 26 heavy (non-hydrogen) atoms. The Labute approximate surface area is 153 Å². The van der Waals surface area contributed by atoms with Gasteiger partial charge in [-0.05, 0) is 31.9 Å². The van der Waals surface area contributed by atoms with Crippen molar-refractivity contribution in [1.29, 1.82) is 0 Å². The number of nitrogens with zero attached hydrogens (tertiary/aromatic N) is 2. The number of H-pyrrole nitrogens is 1. The van der Waals surface area contributed by atoms with Gasteiger partial charge in [0.25, 0.3) is 5.91 Å². The number of amides is 2. The summed E-state index contributed by atoms with van der Waals surface area (Å²) >= 11 is 0. The molecule has 7 heteroatoms. The maximum Gasteiger partial charge on any atom is 0.270 e. The summed E-state index contributed by atoms with van der Waals surface area (Å²) in [6.45, 7) is 7.44. The van der Waals surface area contributed by atoms with Crippen molar-refractivity contribution in [2.45, 2.75) is 52.5 Å². The molecular formula is C19H25N5O2. The van der Waals surface area contributed by atoms with Gasteiger partial charge in [0.05, 0.1) is 0 Å². The number of rotatable bonds is 4. The van der Waals surface area contributed by atoms with Crippen molar-refractivity contribution in [1.82, 2.24) is 20.5 Å². The van der Waals surface area contributed by atoms with E-state index in [1.807, 2.05) is 45.9 Å². The molecule has 2 aromatic heterocycles. The van der Waals surface area contributed by atoms with Gasteiger partial charge in [-0.15, -0.1) is 0 Å². The third-order valence-corrected chi connectivity index (χ3v) is 4.55. The lowest BCUT2D eigenvalue weighted by molar-refractivity contribution is -0.123. The van der Waals surface area contributed by atoms with Crippen LogP contribution in [0.2, 0.25) is 0 Å². The topological polar surface area (TPSA) is 99.8 Å². The predicted molar refractivity (Wildman–Crippen MR) is 98.9 cm³/mol. The first-order valence-corrected chi connectivity index (χ1v) is 8.83. The van der Waals surface area contributed by atoms with Gasteiger partial charge in [0, 0.05) is 34.8 Å². The van der Waals surface area contributed by atoms with Crippen LogP contribution in [0, 0.1) is 12.3 Å². The van der Waals surface area contributed by atoms with Crippen molar-refractivity contribution in [2.24, 2.45) is 5.41 Å². The summed E-state index contributed by atoms with van der Waals surface area (Å²) in [5.74, 6) is 0.634. The minimum atomic E-state index is -0.464. The second kappa shape index (κ2) is 6.90. The number of carbonyl (C=O) groups is 2. The number of nitrogens with one attached hydrogen (secondary N) is 3. The molecule has 1 saturated carbocycles. The van der Waals surface area contributed by atoms with Gasteiger partial charge in [0.15, 0.2) is 5.82 Å². The van der Waals surface area contributed by atoms with Gasteiger partial charge < -0.3 is 10.6 Å². The van der Waals surface area contributed by atoms with Crippen LogP contribution in [0.4, 0.5) is 5.82 Å². The zero-order valence-corrected chi connectivity index (χ0v) is 15.6. The van der Waals surface area contributed by atoms with E-state index in [2.05, 4.69) is 25.8 Å². The number of aromatic nitrogens is 3. The maximum atomic E-state index is 12.2. The third-order valence-electron chi connectivity index (χ3n) is 4.55. The van der Waals surface area contributed by atoms with Crippen LogP contribution in [-0.4, -0.2) is 33.0 Å². The summed E-state index contributed by atoms with van der Waals surface area (Å²) in [6.07, 6.45) is 1.68. The Hall–Kier alpha value is -2.70. The molecule has 1 aliphatic rings. The Kier molecular flexibility index (Phi) is 4.80. The number of hydrogen-bond acceptors (Lipinski definition) is 4. The Morgan fingerprint density at radius 2 is 1.96 bits per heavy atom. The molecule has 0 aromatic carbocycles. The first-order chi connectivity index (χ1) is 12.2. The highest BCUT2D eigenvalue weighted by atomic mass is 16.2. The molecule has 2 heterocycles. The Bertz CT molecular complexity index is 815. The van der Waals surface area contributed by atoms with Gasteiger partial charge >= 0.3 is 0 Å². The largest absolute Gasteiger partial charge is 0.348 e. The van der Waals surface area contributed by atoms with Crippen LogP contribution in [0.5, 0.6) is 0 Å². The van der Waals surface area contributed by atoms with Crippen LogP contribution in [-0.2, 0) is 4.79 Å². The highest BCUT2D eigenvalue weighted by Crippen LogP contribution is 2.36. The lowest BCUT2D eigenvalue weighted by Crippen LogP contribution is -2.43. The average molecular weight is 355 g/mol. The lowest BCUT2D eigenvalue weighted by atomic mass is 9.78. The van der Waals surface area contributed by atoms with E-state index < -0.39 is 5.41 Å². The predicted octanol–water partition coefficient (Wildman–Crippen LogP) is 2.77. The SMILES string of the molecule is Cc1cccc(C(=O)NC2CC(c3cc(NC(=O)C(C)(C)C)n[nH]3)C2)n1. The summed E-state index contributed by atoms with van der Waals surface area (Å²) in [6, 6.07) is 7.42. The number of hydrogen-bond donors (Lipinski definition) is 3. The summed E-state index contributed by atoms with van der Waals surface area (Å²) in [5.41, 5.74) is 1.79. The Morgan fingerprint density at radius 1 is 1.23 bits per heavy atom. The van der Waals surface area contributed by atoms with Crippen molar-refractivity contribution in [3.8, 4) is 0 Å². The normalized spacial score (nSPS) is 19.5. The van der Waals surface area contributed by atoms with E-state index in [9.17, 15) is 9.59 Å². The molecule has 1 aliphatic carbocycles. The zero-order chi connectivity index (χ0) is 18.9. The van der Waals surface area contributed by atoms with Crippen molar-refractivity contribution >= 4 is 17.6 Å². The second-order valence-corrected chi connectivity index (χ2v) is 7.92. The highest BCUT2D eigenvalue weighted by molar-refractivity contribution is 5.93. The number of carbonyl (C=O) groups excluding carboxylic acids is 2. The molecule has 3 rings (SSSR count). The molecule has 0 aliphatic heterocycles. The number of anilines is 1. The fourth-order valence-corrected chi connectivity index (χ4v) is 2.83. The van der Waals surface area contributed by atoms with Gasteiger partial charge in [0.2, 0.25) is 5.91 Å². The van der Waals surface area contributed by atoms with Gasteiger partial charge in [-0.2, -0.15) is 5.10 Å². The maximum absolute atomic E-state index is 12.2.